The molecule has 160 valence electrons. The zero-order valence-electron chi connectivity index (χ0n) is 18.0. The molecule has 1 atom stereocenters. The molecular weight excluding hydrogens is 477 g/mol. The summed E-state index contributed by atoms with van der Waals surface area (Å²) < 4.78 is 7.86. The first kappa shape index (κ1) is 23.5. The zero-order chi connectivity index (χ0) is 19.9. The van der Waals surface area contributed by atoms with E-state index in [2.05, 4.69) is 48.3 Å². The number of halogens is 1. The highest BCUT2D eigenvalue weighted by molar-refractivity contribution is 14.0. The Morgan fingerprint density at radius 3 is 2.83 bits per heavy atom. The van der Waals surface area contributed by atoms with Gasteiger partial charge in [-0.05, 0) is 30.9 Å². The van der Waals surface area contributed by atoms with Crippen LogP contribution in [0, 0.1) is 5.92 Å². The molecule has 0 spiro atoms. The molecule has 1 aliphatic heterocycles. The van der Waals surface area contributed by atoms with Crippen LogP contribution in [0.2, 0.25) is 0 Å². The van der Waals surface area contributed by atoms with Gasteiger partial charge >= 0.3 is 0 Å². The fourth-order valence-corrected chi connectivity index (χ4v) is 3.49. The number of para-hydroxylation sites is 1. The number of ether oxygens (including phenoxy) is 1. The largest absolute Gasteiger partial charge is 0.493 e. The first-order valence-electron chi connectivity index (χ1n) is 10.3. The van der Waals surface area contributed by atoms with Gasteiger partial charge in [-0.3, -0.25) is 4.68 Å². The van der Waals surface area contributed by atoms with Crippen LogP contribution in [0.3, 0.4) is 0 Å². The van der Waals surface area contributed by atoms with E-state index >= 15 is 0 Å². The summed E-state index contributed by atoms with van der Waals surface area (Å²) >= 11 is 0. The number of aromatic nitrogens is 2. The molecule has 7 heteroatoms. The van der Waals surface area contributed by atoms with Crippen LogP contribution in [-0.2, 0) is 13.6 Å². The highest BCUT2D eigenvalue weighted by Crippen LogP contribution is 2.27. The second-order valence-electron chi connectivity index (χ2n) is 7.86. The summed E-state index contributed by atoms with van der Waals surface area (Å²) in [7, 11) is 1.97. The van der Waals surface area contributed by atoms with Crippen molar-refractivity contribution in [3.8, 4) is 5.75 Å². The average Bonchev–Trinajstić information content (AvgIpc) is 3.33. The Kier molecular flexibility index (Phi) is 9.26. The van der Waals surface area contributed by atoms with Gasteiger partial charge in [-0.15, -0.1) is 24.0 Å². The quantitative estimate of drug-likeness (QED) is 0.347. The van der Waals surface area contributed by atoms with E-state index in [-0.39, 0.29) is 24.0 Å². The number of rotatable bonds is 7. The highest BCUT2D eigenvalue weighted by atomic mass is 127. The molecule has 29 heavy (non-hydrogen) atoms. The summed E-state index contributed by atoms with van der Waals surface area (Å²) in [5, 5.41) is 7.78. The van der Waals surface area contributed by atoms with Crippen molar-refractivity contribution in [1.29, 1.82) is 0 Å². The number of aliphatic imine (C=N–C) groups is 1. The first-order chi connectivity index (χ1) is 13.6. The van der Waals surface area contributed by atoms with Crippen LogP contribution >= 0.6 is 24.0 Å². The molecule has 0 saturated carbocycles. The van der Waals surface area contributed by atoms with Crippen LogP contribution in [-0.4, -0.2) is 46.9 Å². The number of nitrogens with zero attached hydrogens (tertiary/aromatic N) is 4. The van der Waals surface area contributed by atoms with Gasteiger partial charge in [0.25, 0.3) is 0 Å². The SMILES string of the molecule is CCNC(=NCc1ccccc1OCC(C)C)N1CCC(c2cnn(C)c2)C1.I. The second-order valence-corrected chi connectivity index (χ2v) is 7.86. The standard InChI is InChI=1S/C22H33N5O.HI/c1-5-23-22(27-11-10-19(15-27)20-13-25-26(4)14-20)24-12-18-8-6-7-9-21(18)28-16-17(2)3;/h6-9,13-14,17,19H,5,10-12,15-16H2,1-4H3,(H,23,24);1H. The van der Waals surface area contributed by atoms with Gasteiger partial charge < -0.3 is 15.0 Å². The van der Waals surface area contributed by atoms with Crippen LogP contribution in [0.1, 0.15) is 44.2 Å². The minimum atomic E-state index is 0. The Hall–Kier alpha value is -1.77. The molecule has 2 heterocycles. The number of aryl methyl sites for hydroxylation is 1. The molecule has 1 unspecified atom stereocenters. The van der Waals surface area contributed by atoms with Gasteiger partial charge in [0, 0.05) is 44.4 Å². The summed E-state index contributed by atoms with van der Waals surface area (Å²) in [6.07, 6.45) is 5.24. The van der Waals surface area contributed by atoms with Gasteiger partial charge in [0.05, 0.1) is 19.3 Å². The van der Waals surface area contributed by atoms with Gasteiger partial charge in [-0.2, -0.15) is 5.10 Å². The van der Waals surface area contributed by atoms with Crippen molar-refractivity contribution >= 4 is 29.9 Å². The summed E-state index contributed by atoms with van der Waals surface area (Å²) in [6.45, 7) is 10.6. The third kappa shape index (κ3) is 6.62. The predicted octanol–water partition coefficient (Wildman–Crippen LogP) is 4.03. The van der Waals surface area contributed by atoms with Crippen molar-refractivity contribution in [2.75, 3.05) is 26.2 Å². The van der Waals surface area contributed by atoms with E-state index in [0.29, 0.717) is 18.4 Å². The van der Waals surface area contributed by atoms with Crippen molar-refractivity contribution < 1.29 is 4.74 Å². The Labute approximate surface area is 191 Å². The molecule has 1 aromatic heterocycles. The topological polar surface area (TPSA) is 54.7 Å². The van der Waals surface area contributed by atoms with Crippen LogP contribution in [0.15, 0.2) is 41.7 Å². The summed E-state index contributed by atoms with van der Waals surface area (Å²) in [5.74, 6) is 2.93. The lowest BCUT2D eigenvalue weighted by Crippen LogP contribution is -2.40. The van der Waals surface area contributed by atoms with Gasteiger partial charge in [0.1, 0.15) is 5.75 Å². The zero-order valence-corrected chi connectivity index (χ0v) is 20.3. The fourth-order valence-electron chi connectivity index (χ4n) is 3.49. The summed E-state index contributed by atoms with van der Waals surface area (Å²) in [4.78, 5) is 7.28. The van der Waals surface area contributed by atoms with E-state index in [9.17, 15) is 0 Å². The average molecular weight is 511 g/mol. The van der Waals surface area contributed by atoms with Crippen LogP contribution in [0.25, 0.3) is 0 Å². The van der Waals surface area contributed by atoms with Gasteiger partial charge in [-0.1, -0.05) is 32.0 Å². The Morgan fingerprint density at radius 2 is 2.14 bits per heavy atom. The number of nitrogens with one attached hydrogen (secondary N) is 1. The number of likely N-dealkylation sites (tertiary alicyclic amines) is 1. The lowest BCUT2D eigenvalue weighted by molar-refractivity contribution is 0.268. The minimum absolute atomic E-state index is 0. The van der Waals surface area contributed by atoms with Crippen LogP contribution < -0.4 is 10.1 Å². The van der Waals surface area contributed by atoms with Crippen molar-refractivity contribution in [2.24, 2.45) is 18.0 Å². The van der Waals surface area contributed by atoms with E-state index in [0.717, 1.165) is 49.9 Å². The van der Waals surface area contributed by atoms with E-state index in [1.807, 2.05) is 36.1 Å². The highest BCUT2D eigenvalue weighted by Gasteiger charge is 2.26. The molecule has 2 aromatic rings. The smallest absolute Gasteiger partial charge is 0.194 e. The van der Waals surface area contributed by atoms with E-state index in [1.165, 1.54) is 5.56 Å². The molecule has 0 bridgehead atoms. The van der Waals surface area contributed by atoms with Crippen molar-refractivity contribution in [1.82, 2.24) is 20.0 Å². The molecule has 1 aromatic carbocycles. The van der Waals surface area contributed by atoms with Gasteiger partial charge in [-0.25, -0.2) is 4.99 Å². The maximum absolute atomic E-state index is 5.98. The summed E-state index contributed by atoms with van der Waals surface area (Å²) in [5.41, 5.74) is 2.44. The second kappa shape index (κ2) is 11.4. The number of benzene rings is 1. The molecule has 3 rings (SSSR count). The summed E-state index contributed by atoms with van der Waals surface area (Å²) in [6, 6.07) is 8.21. The predicted molar refractivity (Wildman–Crippen MR) is 129 cm³/mol. The van der Waals surface area contributed by atoms with Crippen molar-refractivity contribution in [3.05, 3.63) is 47.8 Å². The number of hydrogen-bond donors (Lipinski definition) is 1. The number of hydrogen-bond acceptors (Lipinski definition) is 3. The molecular formula is C22H34IN5O. The molecule has 1 fully saturated rings. The van der Waals surface area contributed by atoms with Crippen molar-refractivity contribution in [2.45, 2.75) is 39.7 Å². The lowest BCUT2D eigenvalue weighted by atomic mass is 10.0. The third-order valence-corrected chi connectivity index (χ3v) is 4.96. The fraction of sp³-hybridized carbons (Fsp3) is 0.545. The van der Waals surface area contributed by atoms with E-state index in [4.69, 9.17) is 9.73 Å². The Morgan fingerprint density at radius 1 is 1.34 bits per heavy atom. The van der Waals surface area contributed by atoms with Gasteiger partial charge in [0.15, 0.2) is 5.96 Å². The van der Waals surface area contributed by atoms with Gasteiger partial charge in [0.2, 0.25) is 0 Å². The Bertz CT molecular complexity index is 789. The maximum atomic E-state index is 5.98. The molecule has 0 radical (unpaired) electrons. The maximum Gasteiger partial charge on any atom is 0.194 e. The molecule has 1 saturated heterocycles. The lowest BCUT2D eigenvalue weighted by Gasteiger charge is -2.22. The third-order valence-electron chi connectivity index (χ3n) is 4.96. The monoisotopic (exact) mass is 511 g/mol. The molecule has 0 amide bonds. The van der Waals surface area contributed by atoms with E-state index in [1.54, 1.807) is 0 Å². The molecule has 1 N–H and O–H groups in total. The van der Waals surface area contributed by atoms with Crippen molar-refractivity contribution in [3.63, 3.8) is 0 Å². The number of guanidine groups is 1. The molecule has 6 nitrogen and oxygen atoms in total. The first-order valence-corrected chi connectivity index (χ1v) is 10.3. The van der Waals surface area contributed by atoms with Crippen LogP contribution in [0.5, 0.6) is 5.75 Å². The van der Waals surface area contributed by atoms with Crippen LogP contribution in [0.4, 0.5) is 0 Å². The Balaban J connectivity index is 0.00000300. The minimum Gasteiger partial charge on any atom is -0.493 e. The van der Waals surface area contributed by atoms with E-state index < -0.39 is 0 Å². The molecule has 0 aliphatic carbocycles. The normalized spacial score (nSPS) is 16.8. The molecule has 1 aliphatic rings.